The lowest BCUT2D eigenvalue weighted by atomic mass is 9.90. The highest BCUT2D eigenvalue weighted by Crippen LogP contribution is 2.25. The third kappa shape index (κ3) is 5.46. The summed E-state index contributed by atoms with van der Waals surface area (Å²) in [5, 5.41) is 14.8. The number of nitrogens with zero attached hydrogens (tertiary/aromatic N) is 2. The van der Waals surface area contributed by atoms with Gasteiger partial charge in [-0.3, -0.25) is 4.99 Å². The third-order valence-electron chi connectivity index (χ3n) is 3.93. The SMILES string of the molecule is CN(C)CC1Cc2ccccc2C(c2ccccc2F)=N1.O=C(O)C(=O)O. The van der Waals surface area contributed by atoms with Crippen LogP contribution in [0.2, 0.25) is 0 Å². The number of hydrogen-bond donors (Lipinski definition) is 2. The van der Waals surface area contributed by atoms with Crippen LogP contribution in [0.1, 0.15) is 16.7 Å². The molecule has 2 aromatic rings. The molecule has 7 heteroatoms. The Bertz CT molecular complexity index is 853. The molecule has 1 atom stereocenters. The molecule has 1 aliphatic heterocycles. The molecule has 142 valence electrons. The number of carboxylic acid groups (broad SMARTS) is 2. The molecule has 0 radical (unpaired) electrons. The van der Waals surface area contributed by atoms with Crippen LogP contribution >= 0.6 is 0 Å². The molecule has 2 N–H and O–H groups in total. The summed E-state index contributed by atoms with van der Waals surface area (Å²) in [6, 6.07) is 15.2. The summed E-state index contributed by atoms with van der Waals surface area (Å²) >= 11 is 0. The van der Waals surface area contributed by atoms with Crippen LogP contribution in [0.3, 0.4) is 0 Å². The summed E-state index contributed by atoms with van der Waals surface area (Å²) < 4.78 is 14.2. The maximum Gasteiger partial charge on any atom is 0.414 e. The van der Waals surface area contributed by atoms with Crippen molar-refractivity contribution in [3.8, 4) is 0 Å². The van der Waals surface area contributed by atoms with Crippen LogP contribution in [-0.4, -0.2) is 59.4 Å². The van der Waals surface area contributed by atoms with Gasteiger partial charge in [-0.2, -0.15) is 0 Å². The predicted molar refractivity (Wildman–Crippen MR) is 99.8 cm³/mol. The van der Waals surface area contributed by atoms with E-state index in [1.54, 1.807) is 6.07 Å². The topological polar surface area (TPSA) is 90.2 Å². The molecule has 27 heavy (non-hydrogen) atoms. The Morgan fingerprint density at radius 2 is 1.59 bits per heavy atom. The average molecular weight is 372 g/mol. The van der Waals surface area contributed by atoms with E-state index in [1.165, 1.54) is 11.6 Å². The molecule has 1 unspecified atom stereocenters. The maximum absolute atomic E-state index is 14.2. The van der Waals surface area contributed by atoms with E-state index in [-0.39, 0.29) is 11.9 Å². The zero-order chi connectivity index (χ0) is 20.0. The lowest BCUT2D eigenvalue weighted by Gasteiger charge is -2.26. The zero-order valence-electron chi connectivity index (χ0n) is 15.1. The Balaban J connectivity index is 0.000000380. The second-order valence-electron chi connectivity index (χ2n) is 6.35. The Morgan fingerprint density at radius 3 is 2.15 bits per heavy atom. The Morgan fingerprint density at radius 1 is 1.04 bits per heavy atom. The van der Waals surface area contributed by atoms with Gasteiger partial charge in [-0.1, -0.05) is 36.4 Å². The van der Waals surface area contributed by atoms with Crippen LogP contribution in [0.5, 0.6) is 0 Å². The van der Waals surface area contributed by atoms with Gasteiger partial charge >= 0.3 is 11.9 Å². The quantitative estimate of drug-likeness (QED) is 0.807. The van der Waals surface area contributed by atoms with Gasteiger partial charge in [0.05, 0.1) is 11.8 Å². The molecular weight excluding hydrogens is 351 g/mol. The van der Waals surface area contributed by atoms with Gasteiger partial charge in [-0.25, -0.2) is 14.0 Å². The third-order valence-corrected chi connectivity index (χ3v) is 3.93. The van der Waals surface area contributed by atoms with E-state index in [0.717, 1.165) is 24.2 Å². The normalized spacial score (nSPS) is 15.3. The lowest BCUT2D eigenvalue weighted by Crippen LogP contribution is -2.31. The monoisotopic (exact) mass is 372 g/mol. The number of likely N-dealkylation sites (N-methyl/N-ethyl adjacent to an activating group) is 1. The molecule has 0 fully saturated rings. The molecule has 0 aliphatic carbocycles. The van der Waals surface area contributed by atoms with Crippen LogP contribution in [0.4, 0.5) is 4.39 Å². The summed E-state index contributed by atoms with van der Waals surface area (Å²) in [5.41, 5.74) is 3.67. The van der Waals surface area contributed by atoms with Crippen molar-refractivity contribution in [2.24, 2.45) is 4.99 Å². The van der Waals surface area contributed by atoms with Crippen molar-refractivity contribution in [2.75, 3.05) is 20.6 Å². The van der Waals surface area contributed by atoms with Gasteiger partial charge in [-0.05, 0) is 38.2 Å². The fourth-order valence-corrected chi connectivity index (χ4v) is 2.88. The van der Waals surface area contributed by atoms with Crippen molar-refractivity contribution in [1.29, 1.82) is 0 Å². The van der Waals surface area contributed by atoms with Gasteiger partial charge in [0.15, 0.2) is 0 Å². The molecule has 0 bridgehead atoms. The van der Waals surface area contributed by atoms with E-state index in [9.17, 15) is 4.39 Å². The van der Waals surface area contributed by atoms with E-state index in [2.05, 4.69) is 11.0 Å². The minimum Gasteiger partial charge on any atom is -0.473 e. The number of hydrogen-bond acceptors (Lipinski definition) is 4. The first-order valence-corrected chi connectivity index (χ1v) is 8.31. The van der Waals surface area contributed by atoms with E-state index < -0.39 is 11.9 Å². The number of carboxylic acids is 2. The first kappa shape index (κ1) is 20.3. The largest absolute Gasteiger partial charge is 0.473 e. The van der Waals surface area contributed by atoms with Crippen molar-refractivity contribution in [2.45, 2.75) is 12.5 Å². The second kappa shape index (κ2) is 9.05. The molecule has 0 saturated heterocycles. The molecular formula is C20H21FN2O4. The van der Waals surface area contributed by atoms with Gasteiger partial charge in [0.25, 0.3) is 0 Å². The highest BCUT2D eigenvalue weighted by Gasteiger charge is 2.23. The Kier molecular flexibility index (Phi) is 6.79. The summed E-state index contributed by atoms with van der Waals surface area (Å²) in [5.74, 6) is -3.86. The fraction of sp³-hybridized carbons (Fsp3) is 0.250. The standard InChI is InChI=1S/C18H19FN2.C2H2O4/c1-21(2)12-14-11-13-7-3-4-8-15(13)18(20-14)16-9-5-6-10-17(16)19;3-1(4)2(5)6/h3-10,14H,11-12H2,1-2H3;(H,3,4)(H,5,6). The van der Waals surface area contributed by atoms with E-state index in [0.29, 0.717) is 5.56 Å². The van der Waals surface area contributed by atoms with Crippen molar-refractivity contribution >= 4 is 17.7 Å². The van der Waals surface area contributed by atoms with Gasteiger partial charge in [-0.15, -0.1) is 0 Å². The number of carbonyl (C=O) groups is 2. The summed E-state index contributed by atoms with van der Waals surface area (Å²) in [6.07, 6.45) is 0.909. The highest BCUT2D eigenvalue weighted by atomic mass is 19.1. The molecule has 0 aromatic heterocycles. The first-order chi connectivity index (χ1) is 12.8. The van der Waals surface area contributed by atoms with Gasteiger partial charge in [0, 0.05) is 17.7 Å². The number of fused-ring (bicyclic) bond motifs is 1. The van der Waals surface area contributed by atoms with Gasteiger partial charge in [0.1, 0.15) is 5.82 Å². The molecule has 0 amide bonds. The summed E-state index contributed by atoms with van der Waals surface area (Å²) in [7, 11) is 4.08. The number of halogens is 1. The van der Waals surface area contributed by atoms with Crippen LogP contribution in [-0.2, 0) is 16.0 Å². The van der Waals surface area contributed by atoms with Crippen LogP contribution in [0, 0.1) is 5.82 Å². The Hall–Kier alpha value is -3.06. The van der Waals surface area contributed by atoms with Crippen LogP contribution < -0.4 is 0 Å². The molecule has 0 saturated carbocycles. The number of aliphatic carboxylic acids is 2. The van der Waals surface area contributed by atoms with E-state index in [4.69, 9.17) is 24.8 Å². The van der Waals surface area contributed by atoms with Crippen molar-refractivity contribution in [3.63, 3.8) is 0 Å². The molecule has 0 spiro atoms. The van der Waals surface area contributed by atoms with E-state index >= 15 is 0 Å². The molecule has 3 rings (SSSR count). The summed E-state index contributed by atoms with van der Waals surface area (Å²) in [6.45, 7) is 0.867. The second-order valence-corrected chi connectivity index (χ2v) is 6.35. The van der Waals surface area contributed by atoms with Crippen molar-refractivity contribution in [1.82, 2.24) is 4.90 Å². The highest BCUT2D eigenvalue weighted by molar-refractivity contribution is 6.27. The Labute approximate surface area is 156 Å². The summed E-state index contributed by atoms with van der Waals surface area (Å²) in [4.78, 5) is 25.2. The number of aliphatic imine (C=N–C) groups is 1. The molecule has 6 nitrogen and oxygen atoms in total. The van der Waals surface area contributed by atoms with Gasteiger partial charge in [0.2, 0.25) is 0 Å². The van der Waals surface area contributed by atoms with Crippen molar-refractivity contribution in [3.05, 3.63) is 71.0 Å². The maximum atomic E-state index is 14.2. The molecule has 1 heterocycles. The first-order valence-electron chi connectivity index (χ1n) is 8.31. The molecule has 1 aliphatic rings. The van der Waals surface area contributed by atoms with Crippen molar-refractivity contribution < 1.29 is 24.2 Å². The van der Waals surface area contributed by atoms with E-state index in [1.807, 2.05) is 44.4 Å². The number of benzene rings is 2. The minimum absolute atomic E-state index is 0.171. The van der Waals surface area contributed by atoms with Crippen LogP contribution in [0.15, 0.2) is 53.5 Å². The lowest BCUT2D eigenvalue weighted by molar-refractivity contribution is -0.159. The molecule has 2 aromatic carbocycles. The number of rotatable bonds is 3. The van der Waals surface area contributed by atoms with Crippen LogP contribution in [0.25, 0.3) is 0 Å². The predicted octanol–water partition coefficient (Wildman–Crippen LogP) is 2.30. The van der Waals surface area contributed by atoms with Gasteiger partial charge < -0.3 is 15.1 Å². The minimum atomic E-state index is -1.82. The zero-order valence-corrected chi connectivity index (χ0v) is 15.1. The smallest absolute Gasteiger partial charge is 0.414 e. The average Bonchev–Trinajstić information content (AvgIpc) is 2.61. The fourth-order valence-electron chi connectivity index (χ4n) is 2.88.